The molecular formula is C15H25N5O. The van der Waals surface area contributed by atoms with Gasteiger partial charge in [0.1, 0.15) is 0 Å². The summed E-state index contributed by atoms with van der Waals surface area (Å²) in [5, 5.41) is 3.22. The third-order valence-corrected chi connectivity index (χ3v) is 3.31. The average molecular weight is 291 g/mol. The first-order valence-corrected chi connectivity index (χ1v) is 7.82. The molecule has 1 aliphatic rings. The highest BCUT2D eigenvalue weighted by atomic mass is 16.5. The lowest BCUT2D eigenvalue weighted by Gasteiger charge is -2.16. The van der Waals surface area contributed by atoms with Crippen molar-refractivity contribution in [3.63, 3.8) is 0 Å². The van der Waals surface area contributed by atoms with Gasteiger partial charge in [-0.05, 0) is 32.1 Å². The molecule has 1 N–H and O–H groups in total. The summed E-state index contributed by atoms with van der Waals surface area (Å²) in [6.07, 6.45) is 7.16. The second-order valence-electron chi connectivity index (χ2n) is 5.14. The summed E-state index contributed by atoms with van der Waals surface area (Å²) < 4.78 is 5.65. The Morgan fingerprint density at radius 3 is 2.81 bits per heavy atom. The maximum absolute atomic E-state index is 5.65. The van der Waals surface area contributed by atoms with Gasteiger partial charge >= 0.3 is 6.01 Å². The molecule has 1 aromatic rings. The molecule has 21 heavy (non-hydrogen) atoms. The van der Waals surface area contributed by atoms with Crippen LogP contribution in [0.4, 0.5) is 11.9 Å². The molecular weight excluding hydrogens is 266 g/mol. The molecule has 2 rings (SSSR count). The van der Waals surface area contributed by atoms with Crippen LogP contribution in [0, 0.1) is 0 Å². The Hall–Kier alpha value is -1.85. The lowest BCUT2D eigenvalue weighted by Crippen LogP contribution is -2.22. The molecule has 0 aromatic carbocycles. The van der Waals surface area contributed by atoms with E-state index in [2.05, 4.69) is 38.7 Å². The van der Waals surface area contributed by atoms with Crippen molar-refractivity contribution in [3.05, 3.63) is 12.7 Å². The molecule has 0 unspecified atom stereocenters. The minimum absolute atomic E-state index is 0.412. The van der Waals surface area contributed by atoms with Crippen LogP contribution in [0.2, 0.25) is 0 Å². The Balaban J connectivity index is 2.05. The quantitative estimate of drug-likeness (QED) is 0.557. The maximum atomic E-state index is 5.65. The summed E-state index contributed by atoms with van der Waals surface area (Å²) in [5.41, 5.74) is 0. The molecule has 1 aliphatic heterocycles. The zero-order valence-corrected chi connectivity index (χ0v) is 12.8. The number of rotatable bonds is 9. The number of ether oxygens (including phenoxy) is 1. The lowest BCUT2D eigenvalue weighted by atomic mass is 10.3. The molecule has 0 atom stereocenters. The van der Waals surface area contributed by atoms with E-state index in [0.717, 1.165) is 44.8 Å². The van der Waals surface area contributed by atoms with E-state index in [-0.39, 0.29) is 0 Å². The van der Waals surface area contributed by atoms with E-state index < -0.39 is 0 Å². The van der Waals surface area contributed by atoms with E-state index >= 15 is 0 Å². The van der Waals surface area contributed by atoms with Crippen LogP contribution in [-0.2, 0) is 0 Å². The second-order valence-corrected chi connectivity index (χ2v) is 5.14. The maximum Gasteiger partial charge on any atom is 0.323 e. The molecule has 0 radical (unpaired) electrons. The molecule has 0 saturated carbocycles. The minimum Gasteiger partial charge on any atom is -0.463 e. The van der Waals surface area contributed by atoms with Gasteiger partial charge in [-0.3, -0.25) is 0 Å². The van der Waals surface area contributed by atoms with Gasteiger partial charge in [-0.1, -0.05) is 13.0 Å². The number of unbranched alkanes of at least 4 members (excludes halogenated alkanes) is 1. The van der Waals surface area contributed by atoms with Crippen LogP contribution in [0.5, 0.6) is 6.01 Å². The molecule has 0 aliphatic carbocycles. The van der Waals surface area contributed by atoms with Crippen LogP contribution in [0.15, 0.2) is 12.7 Å². The Morgan fingerprint density at radius 2 is 2.10 bits per heavy atom. The lowest BCUT2D eigenvalue weighted by molar-refractivity contribution is 0.287. The molecule has 1 aromatic heterocycles. The first-order chi connectivity index (χ1) is 10.3. The van der Waals surface area contributed by atoms with Crippen molar-refractivity contribution in [3.8, 4) is 6.01 Å². The zero-order valence-electron chi connectivity index (χ0n) is 12.8. The van der Waals surface area contributed by atoms with Crippen molar-refractivity contribution in [2.24, 2.45) is 0 Å². The SMILES string of the molecule is C=CCCCOc1nc(NCCC)nc(N2CCCC2)n1. The van der Waals surface area contributed by atoms with E-state index in [0.29, 0.717) is 18.6 Å². The Labute approximate surface area is 126 Å². The smallest absolute Gasteiger partial charge is 0.323 e. The van der Waals surface area contributed by atoms with Crippen LogP contribution in [0.25, 0.3) is 0 Å². The largest absolute Gasteiger partial charge is 0.463 e. The first kappa shape index (κ1) is 15.5. The third-order valence-electron chi connectivity index (χ3n) is 3.31. The molecule has 6 heteroatoms. The molecule has 116 valence electrons. The molecule has 1 fully saturated rings. The van der Waals surface area contributed by atoms with Gasteiger partial charge in [-0.2, -0.15) is 15.0 Å². The number of nitrogens with one attached hydrogen (secondary N) is 1. The monoisotopic (exact) mass is 291 g/mol. The van der Waals surface area contributed by atoms with E-state index in [1.54, 1.807) is 0 Å². The number of hydrogen-bond acceptors (Lipinski definition) is 6. The molecule has 6 nitrogen and oxygen atoms in total. The van der Waals surface area contributed by atoms with Gasteiger partial charge in [0.2, 0.25) is 11.9 Å². The summed E-state index contributed by atoms with van der Waals surface area (Å²) in [6, 6.07) is 0.412. The highest BCUT2D eigenvalue weighted by molar-refractivity contribution is 5.39. The zero-order chi connectivity index (χ0) is 14.9. The molecule has 0 bridgehead atoms. The van der Waals surface area contributed by atoms with Gasteiger partial charge in [-0.15, -0.1) is 6.58 Å². The Morgan fingerprint density at radius 1 is 1.29 bits per heavy atom. The van der Waals surface area contributed by atoms with Gasteiger partial charge in [0.05, 0.1) is 6.61 Å². The predicted octanol–water partition coefficient (Wildman–Crippen LogP) is 2.64. The normalized spacial score (nSPS) is 14.2. The van der Waals surface area contributed by atoms with Crippen LogP contribution in [-0.4, -0.2) is 41.2 Å². The van der Waals surface area contributed by atoms with E-state index in [1.807, 2.05) is 6.08 Å². The molecule has 0 spiro atoms. The van der Waals surface area contributed by atoms with Crippen LogP contribution < -0.4 is 15.0 Å². The highest BCUT2D eigenvalue weighted by Gasteiger charge is 2.17. The van der Waals surface area contributed by atoms with Gasteiger partial charge in [-0.25, -0.2) is 0 Å². The number of nitrogens with zero attached hydrogens (tertiary/aromatic N) is 4. The number of aromatic nitrogens is 3. The van der Waals surface area contributed by atoms with Crippen molar-refractivity contribution < 1.29 is 4.74 Å². The van der Waals surface area contributed by atoms with Crippen LogP contribution in [0.3, 0.4) is 0 Å². The van der Waals surface area contributed by atoms with E-state index in [4.69, 9.17) is 4.74 Å². The van der Waals surface area contributed by atoms with E-state index in [9.17, 15) is 0 Å². The number of hydrogen-bond donors (Lipinski definition) is 1. The summed E-state index contributed by atoms with van der Waals surface area (Å²) >= 11 is 0. The second kappa shape index (κ2) is 8.44. The van der Waals surface area contributed by atoms with E-state index in [1.165, 1.54) is 12.8 Å². The summed E-state index contributed by atoms with van der Waals surface area (Å²) in [5.74, 6) is 1.33. The standard InChI is InChI=1S/C15H25N5O/c1-3-5-8-12-21-15-18-13(16-9-4-2)17-14(19-15)20-10-6-7-11-20/h3H,1,4-12H2,2H3,(H,16,17,18,19). The number of anilines is 2. The van der Waals surface area contributed by atoms with Crippen molar-refractivity contribution in [2.45, 2.75) is 39.0 Å². The summed E-state index contributed by atoms with van der Waals surface area (Å²) in [7, 11) is 0. The van der Waals surface area contributed by atoms with Crippen LogP contribution >= 0.6 is 0 Å². The minimum atomic E-state index is 0.412. The van der Waals surface area contributed by atoms with Crippen molar-refractivity contribution in [1.29, 1.82) is 0 Å². The Bertz CT molecular complexity index is 446. The Kier molecular flexibility index (Phi) is 6.24. The first-order valence-electron chi connectivity index (χ1n) is 7.82. The van der Waals surface area contributed by atoms with Gasteiger partial charge in [0.25, 0.3) is 0 Å². The van der Waals surface area contributed by atoms with Crippen LogP contribution in [0.1, 0.15) is 39.0 Å². The molecule has 2 heterocycles. The fraction of sp³-hybridized carbons (Fsp3) is 0.667. The van der Waals surface area contributed by atoms with Crippen molar-refractivity contribution >= 4 is 11.9 Å². The van der Waals surface area contributed by atoms with Crippen molar-refractivity contribution in [2.75, 3.05) is 36.5 Å². The van der Waals surface area contributed by atoms with Gasteiger partial charge < -0.3 is 15.0 Å². The fourth-order valence-corrected chi connectivity index (χ4v) is 2.18. The highest BCUT2D eigenvalue weighted by Crippen LogP contribution is 2.19. The number of allylic oxidation sites excluding steroid dienone is 1. The van der Waals surface area contributed by atoms with Gasteiger partial charge in [0, 0.05) is 19.6 Å². The fourth-order valence-electron chi connectivity index (χ4n) is 2.18. The molecule has 0 amide bonds. The summed E-state index contributed by atoms with van der Waals surface area (Å²) in [4.78, 5) is 15.5. The topological polar surface area (TPSA) is 63.2 Å². The third kappa shape index (κ3) is 4.88. The van der Waals surface area contributed by atoms with Gasteiger partial charge in [0.15, 0.2) is 0 Å². The van der Waals surface area contributed by atoms with Crippen molar-refractivity contribution in [1.82, 2.24) is 15.0 Å². The molecule has 1 saturated heterocycles. The summed E-state index contributed by atoms with van der Waals surface area (Å²) in [6.45, 7) is 9.28. The predicted molar refractivity (Wildman–Crippen MR) is 85.0 cm³/mol. The average Bonchev–Trinajstić information content (AvgIpc) is 3.04.